The molecule has 0 bridgehead atoms. The number of nitrogens with one attached hydrogen (secondary N) is 1. The van der Waals surface area contributed by atoms with Gasteiger partial charge in [-0.15, -0.1) is 11.8 Å². The molecule has 1 N–H and O–H groups in total. The highest BCUT2D eigenvalue weighted by Gasteiger charge is 2.17. The van der Waals surface area contributed by atoms with Gasteiger partial charge < -0.3 is 0 Å². The van der Waals surface area contributed by atoms with Gasteiger partial charge in [0.1, 0.15) is 0 Å². The van der Waals surface area contributed by atoms with Gasteiger partial charge in [-0.05, 0) is 36.8 Å². The van der Waals surface area contributed by atoms with Crippen LogP contribution in [-0.2, 0) is 15.8 Å². The van der Waals surface area contributed by atoms with Crippen molar-refractivity contribution in [1.82, 2.24) is 0 Å². The number of Topliss-reactive ketones (excluding diaryl/α,β-unsaturated/α-hetero) is 1. The van der Waals surface area contributed by atoms with E-state index in [1.54, 1.807) is 36.0 Å². The number of rotatable bonds is 7. The molecule has 3 aromatic rings. The molecule has 0 radical (unpaired) electrons. The molecule has 138 valence electrons. The first-order valence-corrected chi connectivity index (χ1v) is 10.8. The van der Waals surface area contributed by atoms with Gasteiger partial charge in [0.2, 0.25) is 0 Å². The fourth-order valence-corrected chi connectivity index (χ4v) is 4.65. The van der Waals surface area contributed by atoms with Crippen molar-refractivity contribution in [1.29, 1.82) is 0 Å². The van der Waals surface area contributed by atoms with Crippen molar-refractivity contribution in [3.8, 4) is 0 Å². The van der Waals surface area contributed by atoms with Crippen molar-refractivity contribution in [2.75, 3.05) is 4.72 Å². The van der Waals surface area contributed by atoms with E-state index in [2.05, 4.69) is 4.72 Å². The smallest absolute Gasteiger partial charge is 0.261 e. The summed E-state index contributed by atoms with van der Waals surface area (Å²) < 4.78 is 28.2. The fraction of sp³-hybridized carbons (Fsp3) is 0.0952. The molecule has 0 aliphatic rings. The topological polar surface area (TPSA) is 63.2 Å². The number of carbonyl (C=O) groups is 1. The standard InChI is InChI=1S/C21H19NO3S2/c1-16(23)18-10-7-11-19(14-18)27(24,25)22-20-12-5-6-13-21(20)26-15-17-8-3-2-4-9-17/h2-14,22H,15H2,1H3. The average Bonchev–Trinajstić information content (AvgIpc) is 2.68. The number of sulfonamides is 1. The Hall–Kier alpha value is -2.57. The predicted molar refractivity (Wildman–Crippen MR) is 110 cm³/mol. The first-order chi connectivity index (χ1) is 13.0. The van der Waals surface area contributed by atoms with Gasteiger partial charge in [0.05, 0.1) is 10.6 Å². The Morgan fingerprint density at radius 2 is 1.63 bits per heavy atom. The molecular formula is C21H19NO3S2. The zero-order valence-corrected chi connectivity index (χ0v) is 16.4. The summed E-state index contributed by atoms with van der Waals surface area (Å²) in [6.07, 6.45) is 0. The first-order valence-electron chi connectivity index (χ1n) is 8.35. The van der Waals surface area contributed by atoms with Gasteiger partial charge in [-0.25, -0.2) is 8.42 Å². The van der Waals surface area contributed by atoms with Crippen LogP contribution >= 0.6 is 11.8 Å². The van der Waals surface area contributed by atoms with E-state index in [1.165, 1.54) is 19.1 Å². The maximum Gasteiger partial charge on any atom is 0.261 e. The van der Waals surface area contributed by atoms with Crippen LogP contribution in [0.2, 0.25) is 0 Å². The molecular weight excluding hydrogens is 378 g/mol. The largest absolute Gasteiger partial charge is 0.295 e. The minimum absolute atomic E-state index is 0.0677. The van der Waals surface area contributed by atoms with Crippen LogP contribution in [0.3, 0.4) is 0 Å². The quantitative estimate of drug-likeness (QED) is 0.451. The predicted octanol–water partition coefficient (Wildman–Crippen LogP) is 4.98. The van der Waals surface area contributed by atoms with Crippen LogP contribution in [0.25, 0.3) is 0 Å². The highest BCUT2D eigenvalue weighted by atomic mass is 32.2. The van der Waals surface area contributed by atoms with Gasteiger partial charge in [0.25, 0.3) is 10.0 Å². The molecule has 0 aliphatic carbocycles. The highest BCUT2D eigenvalue weighted by molar-refractivity contribution is 7.98. The van der Waals surface area contributed by atoms with E-state index in [1.807, 2.05) is 42.5 Å². The number of hydrogen-bond acceptors (Lipinski definition) is 4. The monoisotopic (exact) mass is 397 g/mol. The molecule has 0 heterocycles. The number of para-hydroxylation sites is 1. The number of thioether (sulfide) groups is 1. The molecule has 3 rings (SSSR count). The van der Waals surface area contributed by atoms with Gasteiger partial charge in [-0.3, -0.25) is 9.52 Å². The number of carbonyl (C=O) groups excluding carboxylic acids is 1. The van der Waals surface area contributed by atoms with Crippen LogP contribution in [0, 0.1) is 0 Å². The second kappa shape index (κ2) is 8.41. The summed E-state index contributed by atoms with van der Waals surface area (Å²) in [5, 5.41) is 0. The number of anilines is 1. The van der Waals surface area contributed by atoms with E-state index in [0.29, 0.717) is 11.3 Å². The Kier molecular flexibility index (Phi) is 5.98. The summed E-state index contributed by atoms with van der Waals surface area (Å²) in [5.74, 6) is 0.560. The lowest BCUT2D eigenvalue weighted by atomic mass is 10.2. The lowest BCUT2D eigenvalue weighted by Gasteiger charge is -2.13. The van der Waals surface area contributed by atoms with Crippen molar-refractivity contribution in [2.45, 2.75) is 22.5 Å². The molecule has 0 aliphatic heterocycles. The van der Waals surface area contributed by atoms with E-state index in [9.17, 15) is 13.2 Å². The third kappa shape index (κ3) is 4.99. The van der Waals surface area contributed by atoms with E-state index in [-0.39, 0.29) is 10.7 Å². The van der Waals surface area contributed by atoms with Gasteiger partial charge >= 0.3 is 0 Å². The summed E-state index contributed by atoms with van der Waals surface area (Å²) in [7, 11) is -3.79. The van der Waals surface area contributed by atoms with Crippen LogP contribution < -0.4 is 4.72 Å². The molecule has 0 saturated heterocycles. The fourth-order valence-electron chi connectivity index (χ4n) is 2.50. The molecule has 6 heteroatoms. The Labute approximate surface area is 163 Å². The summed E-state index contributed by atoms with van der Waals surface area (Å²) in [5.41, 5.74) is 2.05. The molecule has 0 aromatic heterocycles. The molecule has 0 fully saturated rings. The summed E-state index contributed by atoms with van der Waals surface area (Å²) in [6.45, 7) is 1.41. The minimum Gasteiger partial charge on any atom is -0.295 e. The molecule has 3 aromatic carbocycles. The third-order valence-corrected chi connectivity index (χ3v) is 6.43. The highest BCUT2D eigenvalue weighted by Crippen LogP contribution is 2.31. The average molecular weight is 398 g/mol. The second-order valence-electron chi connectivity index (χ2n) is 5.96. The van der Waals surface area contributed by atoms with Crippen molar-refractivity contribution in [2.24, 2.45) is 0 Å². The Morgan fingerprint density at radius 1 is 0.926 bits per heavy atom. The SMILES string of the molecule is CC(=O)c1cccc(S(=O)(=O)Nc2ccccc2SCc2ccccc2)c1. The maximum absolute atomic E-state index is 12.8. The molecule has 27 heavy (non-hydrogen) atoms. The van der Waals surface area contributed by atoms with Crippen LogP contribution in [0.4, 0.5) is 5.69 Å². The van der Waals surface area contributed by atoms with Crippen LogP contribution in [0.15, 0.2) is 88.7 Å². The summed E-state index contributed by atoms with van der Waals surface area (Å²) in [4.78, 5) is 12.4. The third-order valence-electron chi connectivity index (χ3n) is 3.92. The van der Waals surface area contributed by atoms with Gasteiger partial charge in [0.15, 0.2) is 5.78 Å². The second-order valence-corrected chi connectivity index (χ2v) is 8.66. The van der Waals surface area contributed by atoms with Gasteiger partial charge in [0, 0.05) is 16.2 Å². The zero-order chi connectivity index (χ0) is 19.3. The van der Waals surface area contributed by atoms with Crippen LogP contribution in [-0.4, -0.2) is 14.2 Å². The number of benzene rings is 3. The van der Waals surface area contributed by atoms with E-state index in [4.69, 9.17) is 0 Å². The molecule has 0 atom stereocenters. The van der Waals surface area contributed by atoms with Crippen LogP contribution in [0.1, 0.15) is 22.8 Å². The van der Waals surface area contributed by atoms with E-state index >= 15 is 0 Å². The maximum atomic E-state index is 12.8. The normalized spacial score (nSPS) is 11.1. The lowest BCUT2D eigenvalue weighted by molar-refractivity contribution is 0.101. The molecule has 0 unspecified atom stereocenters. The van der Waals surface area contributed by atoms with Crippen molar-refractivity contribution in [3.63, 3.8) is 0 Å². The summed E-state index contributed by atoms with van der Waals surface area (Å²) in [6, 6.07) is 23.3. The molecule has 0 spiro atoms. The van der Waals surface area contributed by atoms with Crippen LogP contribution in [0.5, 0.6) is 0 Å². The first kappa shape index (κ1) is 19.2. The Morgan fingerprint density at radius 3 is 2.37 bits per heavy atom. The Balaban J connectivity index is 1.83. The van der Waals surface area contributed by atoms with Crippen molar-refractivity contribution >= 4 is 33.3 Å². The molecule has 0 saturated carbocycles. The zero-order valence-electron chi connectivity index (χ0n) is 14.8. The number of hydrogen-bond donors (Lipinski definition) is 1. The lowest BCUT2D eigenvalue weighted by Crippen LogP contribution is -2.14. The summed E-state index contributed by atoms with van der Waals surface area (Å²) >= 11 is 1.56. The van der Waals surface area contributed by atoms with Crippen molar-refractivity contribution in [3.05, 3.63) is 90.0 Å². The molecule has 4 nitrogen and oxygen atoms in total. The Bertz CT molecular complexity index is 1050. The van der Waals surface area contributed by atoms with Crippen molar-refractivity contribution < 1.29 is 13.2 Å². The van der Waals surface area contributed by atoms with Gasteiger partial charge in [-0.1, -0.05) is 54.6 Å². The van der Waals surface area contributed by atoms with E-state index in [0.717, 1.165) is 16.2 Å². The number of ketones is 1. The molecule has 0 amide bonds. The van der Waals surface area contributed by atoms with E-state index < -0.39 is 10.0 Å². The minimum atomic E-state index is -3.79. The van der Waals surface area contributed by atoms with Gasteiger partial charge in [-0.2, -0.15) is 0 Å².